The first-order valence-electron chi connectivity index (χ1n) is 6.81. The van der Waals surface area contributed by atoms with Crippen LogP contribution >= 0.6 is 11.3 Å². The largest absolute Gasteiger partial charge is 0.332 e. The summed E-state index contributed by atoms with van der Waals surface area (Å²) in [5.74, 6) is 1.40. The first kappa shape index (κ1) is 14.2. The molecule has 0 radical (unpaired) electrons. The van der Waals surface area contributed by atoms with E-state index >= 15 is 0 Å². The van der Waals surface area contributed by atoms with Gasteiger partial charge in [-0.15, -0.1) is 11.3 Å². The number of imidazole rings is 1. The van der Waals surface area contributed by atoms with E-state index in [-0.39, 0.29) is 0 Å². The van der Waals surface area contributed by atoms with E-state index in [2.05, 4.69) is 31.1 Å². The molecule has 0 aliphatic carbocycles. The Morgan fingerprint density at radius 2 is 2.21 bits per heavy atom. The fourth-order valence-corrected chi connectivity index (χ4v) is 3.21. The van der Waals surface area contributed by atoms with Gasteiger partial charge in [-0.3, -0.25) is 0 Å². The van der Waals surface area contributed by atoms with Crippen LogP contribution in [0.15, 0.2) is 12.4 Å². The first-order chi connectivity index (χ1) is 9.13. The minimum atomic E-state index is 0.448. The Morgan fingerprint density at radius 1 is 1.42 bits per heavy atom. The molecule has 19 heavy (non-hydrogen) atoms. The molecule has 0 bridgehead atoms. The standard InChI is InChI=1S/C14H22N4S/c1-5-6-15-9-11-12(10(2)3)17-14(19-11)13-16-7-8-18(13)4/h7-8,10,15H,5-6,9H2,1-4H3. The average Bonchev–Trinajstić information content (AvgIpc) is 2.95. The van der Waals surface area contributed by atoms with Gasteiger partial charge < -0.3 is 9.88 Å². The fraction of sp³-hybridized carbons (Fsp3) is 0.571. The van der Waals surface area contributed by atoms with Gasteiger partial charge in [0.15, 0.2) is 10.8 Å². The maximum atomic E-state index is 4.79. The number of nitrogens with one attached hydrogen (secondary N) is 1. The summed E-state index contributed by atoms with van der Waals surface area (Å²) in [6.07, 6.45) is 4.93. The lowest BCUT2D eigenvalue weighted by molar-refractivity contribution is 0.670. The lowest BCUT2D eigenvalue weighted by atomic mass is 10.1. The van der Waals surface area contributed by atoms with Crippen LogP contribution in [0.2, 0.25) is 0 Å². The summed E-state index contributed by atoms with van der Waals surface area (Å²) in [4.78, 5) is 10.5. The third kappa shape index (κ3) is 3.22. The molecule has 2 aromatic heterocycles. The van der Waals surface area contributed by atoms with E-state index in [1.54, 1.807) is 11.3 Å². The summed E-state index contributed by atoms with van der Waals surface area (Å²) < 4.78 is 2.02. The smallest absolute Gasteiger partial charge is 0.168 e. The topological polar surface area (TPSA) is 42.7 Å². The zero-order chi connectivity index (χ0) is 13.8. The lowest BCUT2D eigenvalue weighted by Crippen LogP contribution is -2.14. The molecule has 1 N–H and O–H groups in total. The minimum Gasteiger partial charge on any atom is -0.332 e. The van der Waals surface area contributed by atoms with Crippen LogP contribution in [-0.4, -0.2) is 21.1 Å². The maximum Gasteiger partial charge on any atom is 0.168 e. The summed E-state index contributed by atoms with van der Waals surface area (Å²) in [5.41, 5.74) is 1.20. The molecule has 2 aromatic rings. The fourth-order valence-electron chi connectivity index (χ4n) is 1.99. The molecule has 0 amide bonds. The van der Waals surface area contributed by atoms with E-state index in [1.807, 2.05) is 24.0 Å². The van der Waals surface area contributed by atoms with Gasteiger partial charge >= 0.3 is 0 Å². The second kappa shape index (κ2) is 6.30. The van der Waals surface area contributed by atoms with Crippen LogP contribution < -0.4 is 5.32 Å². The Morgan fingerprint density at radius 3 is 2.79 bits per heavy atom. The van der Waals surface area contributed by atoms with E-state index in [4.69, 9.17) is 4.98 Å². The molecule has 0 aliphatic rings. The Kier molecular flexibility index (Phi) is 4.71. The molecular formula is C14H22N4S. The summed E-state index contributed by atoms with van der Waals surface area (Å²) >= 11 is 1.75. The summed E-state index contributed by atoms with van der Waals surface area (Å²) in [6.45, 7) is 8.53. The van der Waals surface area contributed by atoms with Crippen LogP contribution in [0.5, 0.6) is 0 Å². The van der Waals surface area contributed by atoms with E-state index < -0.39 is 0 Å². The van der Waals surface area contributed by atoms with Crippen LogP contribution in [-0.2, 0) is 13.6 Å². The molecule has 0 aromatic carbocycles. The molecule has 0 aliphatic heterocycles. The molecular weight excluding hydrogens is 256 g/mol. The molecule has 104 valence electrons. The highest BCUT2D eigenvalue weighted by molar-refractivity contribution is 7.15. The molecule has 4 nitrogen and oxygen atoms in total. The van der Waals surface area contributed by atoms with Crippen LogP contribution in [0.1, 0.15) is 43.7 Å². The van der Waals surface area contributed by atoms with Crippen molar-refractivity contribution in [2.75, 3.05) is 6.54 Å². The van der Waals surface area contributed by atoms with E-state index in [1.165, 1.54) is 10.6 Å². The van der Waals surface area contributed by atoms with Gasteiger partial charge in [0, 0.05) is 30.9 Å². The number of thiazole rings is 1. The molecule has 0 atom stereocenters. The molecule has 0 fully saturated rings. The molecule has 0 saturated carbocycles. The molecule has 5 heteroatoms. The normalized spacial score (nSPS) is 11.4. The van der Waals surface area contributed by atoms with Crippen molar-refractivity contribution in [2.45, 2.75) is 39.7 Å². The highest BCUT2D eigenvalue weighted by Gasteiger charge is 2.16. The van der Waals surface area contributed by atoms with Crippen LogP contribution in [0, 0.1) is 0 Å². The van der Waals surface area contributed by atoms with Gasteiger partial charge in [-0.1, -0.05) is 20.8 Å². The molecule has 2 heterocycles. The van der Waals surface area contributed by atoms with Crippen LogP contribution in [0.3, 0.4) is 0 Å². The quantitative estimate of drug-likeness (QED) is 0.825. The number of hydrogen-bond acceptors (Lipinski definition) is 4. The van der Waals surface area contributed by atoms with Crippen molar-refractivity contribution < 1.29 is 0 Å². The van der Waals surface area contributed by atoms with E-state index in [0.717, 1.165) is 30.3 Å². The maximum absolute atomic E-state index is 4.79. The zero-order valence-corrected chi connectivity index (χ0v) is 12.9. The number of nitrogens with zero attached hydrogens (tertiary/aromatic N) is 3. The Hall–Kier alpha value is -1.20. The van der Waals surface area contributed by atoms with Crippen molar-refractivity contribution in [3.05, 3.63) is 23.0 Å². The summed E-state index contributed by atoms with van der Waals surface area (Å²) in [5, 5.41) is 4.48. The second-order valence-corrected chi connectivity index (χ2v) is 6.10. The zero-order valence-electron chi connectivity index (χ0n) is 12.1. The third-order valence-electron chi connectivity index (χ3n) is 3.00. The Bertz CT molecular complexity index is 527. The van der Waals surface area contributed by atoms with Gasteiger partial charge in [0.1, 0.15) is 0 Å². The highest BCUT2D eigenvalue weighted by Crippen LogP contribution is 2.30. The predicted octanol–water partition coefficient (Wildman–Crippen LogP) is 3.17. The van der Waals surface area contributed by atoms with E-state index in [9.17, 15) is 0 Å². The summed E-state index contributed by atoms with van der Waals surface area (Å²) in [6, 6.07) is 0. The average molecular weight is 278 g/mol. The van der Waals surface area contributed by atoms with Gasteiger partial charge in [0.2, 0.25) is 0 Å². The Labute approximate surface area is 118 Å². The van der Waals surface area contributed by atoms with Crippen molar-refractivity contribution in [1.82, 2.24) is 19.9 Å². The van der Waals surface area contributed by atoms with Crippen molar-refractivity contribution >= 4 is 11.3 Å². The van der Waals surface area contributed by atoms with Gasteiger partial charge in [-0.25, -0.2) is 9.97 Å². The predicted molar refractivity (Wildman–Crippen MR) is 80.4 cm³/mol. The number of aryl methyl sites for hydroxylation is 1. The SMILES string of the molecule is CCCNCc1sc(-c2nccn2C)nc1C(C)C. The summed E-state index contributed by atoms with van der Waals surface area (Å²) in [7, 11) is 2.01. The minimum absolute atomic E-state index is 0.448. The highest BCUT2D eigenvalue weighted by atomic mass is 32.1. The molecule has 0 unspecified atom stereocenters. The second-order valence-electron chi connectivity index (χ2n) is 5.02. The van der Waals surface area contributed by atoms with E-state index in [0.29, 0.717) is 5.92 Å². The molecule has 0 spiro atoms. The van der Waals surface area contributed by atoms with Crippen molar-refractivity contribution in [2.24, 2.45) is 7.05 Å². The van der Waals surface area contributed by atoms with Crippen LogP contribution in [0.4, 0.5) is 0 Å². The van der Waals surface area contributed by atoms with Crippen molar-refractivity contribution in [1.29, 1.82) is 0 Å². The third-order valence-corrected chi connectivity index (χ3v) is 4.07. The van der Waals surface area contributed by atoms with Crippen LogP contribution in [0.25, 0.3) is 10.8 Å². The lowest BCUT2D eigenvalue weighted by Gasteiger charge is -2.05. The van der Waals surface area contributed by atoms with Crippen molar-refractivity contribution in [3.8, 4) is 10.8 Å². The van der Waals surface area contributed by atoms with Gasteiger partial charge in [-0.2, -0.15) is 0 Å². The number of aromatic nitrogens is 3. The number of hydrogen-bond donors (Lipinski definition) is 1. The van der Waals surface area contributed by atoms with Gasteiger partial charge in [-0.05, 0) is 18.9 Å². The van der Waals surface area contributed by atoms with Gasteiger partial charge in [0.05, 0.1) is 5.69 Å². The van der Waals surface area contributed by atoms with Gasteiger partial charge in [0.25, 0.3) is 0 Å². The number of rotatable bonds is 6. The Balaban J connectivity index is 2.27. The molecule has 0 saturated heterocycles. The first-order valence-corrected chi connectivity index (χ1v) is 7.63. The van der Waals surface area contributed by atoms with Crippen molar-refractivity contribution in [3.63, 3.8) is 0 Å². The molecule has 2 rings (SSSR count). The monoisotopic (exact) mass is 278 g/mol.